The number of fused-ring (bicyclic) bond motifs is 1. The van der Waals surface area contributed by atoms with E-state index in [9.17, 15) is 28.5 Å². The number of nitriles is 2. The van der Waals surface area contributed by atoms with Crippen molar-refractivity contribution in [3.8, 4) is 34.7 Å². The van der Waals surface area contributed by atoms with Crippen molar-refractivity contribution in [2.75, 3.05) is 29.9 Å². The normalized spacial score (nSPS) is 18.6. The van der Waals surface area contributed by atoms with Crippen LogP contribution >= 0.6 is 0 Å². The van der Waals surface area contributed by atoms with Gasteiger partial charge in [-0.25, -0.2) is 0 Å². The van der Waals surface area contributed by atoms with Gasteiger partial charge in [-0.1, -0.05) is 0 Å². The number of hydrogen-bond acceptors (Lipinski definition) is 7. The van der Waals surface area contributed by atoms with Gasteiger partial charge in [0.1, 0.15) is 6.33 Å². The standard InChI is InChI=1S/C38H35F3N8O/c1-47-23-45-46-34(47)29-3-2-24(18-43)12-30(29)26-15-27(44-21-36(4-5-36)8-10-42)17-28(16-26)49-20-32-31(35(49)50)13-25(14-33(32)38(39,40)41)19-48-11-9-37(22-48)6-7-37/h2-3,12-17,23,44H,4-9,11,19-22H2,1H3. The molecule has 50 heavy (non-hydrogen) atoms. The smallest absolute Gasteiger partial charge is 0.384 e. The zero-order chi connectivity index (χ0) is 34.8. The van der Waals surface area contributed by atoms with Gasteiger partial charge in [0.25, 0.3) is 5.91 Å². The molecule has 0 atom stereocenters. The van der Waals surface area contributed by atoms with E-state index in [0.717, 1.165) is 32.4 Å². The SMILES string of the molecule is Cn1cnnc1-c1ccc(C#N)cc1-c1cc(NCC2(CC#N)CC2)cc(N2Cc3c(cc(CN4CCC5(CC5)C4)cc3C(F)(F)F)C2=O)c1. The fraction of sp³-hybridized carbons (Fsp3) is 0.395. The molecule has 254 valence electrons. The Hall–Kier alpha value is -5.20. The number of carbonyl (C=O) groups excluding carboxylic acids is 1. The number of aryl methyl sites for hydroxylation is 1. The van der Waals surface area contributed by atoms with Gasteiger partial charge in [0.2, 0.25) is 0 Å². The third kappa shape index (κ3) is 5.88. The number of nitrogens with zero attached hydrogens (tertiary/aromatic N) is 7. The Balaban J connectivity index is 1.20. The summed E-state index contributed by atoms with van der Waals surface area (Å²) in [6.45, 7) is 2.41. The maximum atomic E-state index is 14.6. The van der Waals surface area contributed by atoms with E-state index in [1.54, 1.807) is 47.3 Å². The Morgan fingerprint density at radius 2 is 1.80 bits per heavy atom. The highest BCUT2D eigenvalue weighted by molar-refractivity contribution is 6.11. The molecular weight excluding hydrogens is 641 g/mol. The number of benzene rings is 3. The average molecular weight is 677 g/mol. The average Bonchev–Trinajstić information content (AvgIpc) is 3.90. The molecule has 2 aliphatic heterocycles. The van der Waals surface area contributed by atoms with Crippen LogP contribution in [0.5, 0.6) is 0 Å². The van der Waals surface area contributed by atoms with Gasteiger partial charge in [0.15, 0.2) is 5.82 Å². The number of nitrogens with one attached hydrogen (secondary N) is 1. The third-order valence-electron chi connectivity index (χ3n) is 11.0. The topological polar surface area (TPSA) is 114 Å². The highest BCUT2D eigenvalue weighted by Gasteiger charge is 2.48. The molecule has 1 saturated heterocycles. The lowest BCUT2D eigenvalue weighted by atomic mass is 9.95. The van der Waals surface area contributed by atoms with E-state index >= 15 is 0 Å². The molecule has 8 rings (SSSR count). The van der Waals surface area contributed by atoms with E-state index in [2.05, 4.69) is 32.6 Å². The molecule has 3 aromatic carbocycles. The number of likely N-dealkylation sites (tertiary alicyclic amines) is 1. The monoisotopic (exact) mass is 676 g/mol. The van der Waals surface area contributed by atoms with Crippen molar-refractivity contribution >= 4 is 17.3 Å². The first-order valence-corrected chi connectivity index (χ1v) is 16.9. The molecule has 3 fully saturated rings. The molecule has 3 heterocycles. The van der Waals surface area contributed by atoms with Gasteiger partial charge in [-0.3, -0.25) is 9.69 Å². The van der Waals surface area contributed by atoms with Crippen molar-refractivity contribution < 1.29 is 18.0 Å². The second-order valence-corrected chi connectivity index (χ2v) is 14.6. The van der Waals surface area contributed by atoms with Gasteiger partial charge in [0, 0.05) is 61.0 Å². The first-order valence-electron chi connectivity index (χ1n) is 16.9. The van der Waals surface area contributed by atoms with Gasteiger partial charge in [-0.2, -0.15) is 23.7 Å². The number of aromatic nitrogens is 3. The van der Waals surface area contributed by atoms with Crippen LogP contribution < -0.4 is 10.2 Å². The lowest BCUT2D eigenvalue weighted by Gasteiger charge is -2.21. The van der Waals surface area contributed by atoms with Crippen LogP contribution in [0, 0.1) is 33.5 Å². The summed E-state index contributed by atoms with van der Waals surface area (Å²) in [5.74, 6) is 0.0749. The van der Waals surface area contributed by atoms with E-state index in [0.29, 0.717) is 69.9 Å². The fourth-order valence-electron chi connectivity index (χ4n) is 7.68. The quantitative estimate of drug-likeness (QED) is 0.198. The number of anilines is 2. The van der Waals surface area contributed by atoms with Gasteiger partial charge in [0.05, 0.1) is 29.8 Å². The number of hydrogen-bond donors (Lipinski definition) is 1. The number of alkyl halides is 3. The second kappa shape index (κ2) is 11.7. The van der Waals surface area contributed by atoms with Crippen molar-refractivity contribution in [2.45, 2.75) is 57.8 Å². The summed E-state index contributed by atoms with van der Waals surface area (Å²) in [5, 5.41) is 31.0. The minimum atomic E-state index is -4.63. The predicted molar refractivity (Wildman–Crippen MR) is 180 cm³/mol. The van der Waals surface area contributed by atoms with Crippen LogP contribution in [0.4, 0.5) is 24.5 Å². The van der Waals surface area contributed by atoms with Crippen molar-refractivity contribution in [2.24, 2.45) is 17.9 Å². The lowest BCUT2D eigenvalue weighted by molar-refractivity contribution is -0.138. The summed E-state index contributed by atoms with van der Waals surface area (Å²) in [6.07, 6.45) is 2.60. The number of carbonyl (C=O) groups is 1. The van der Waals surface area contributed by atoms with Crippen LogP contribution in [0.2, 0.25) is 0 Å². The molecule has 1 spiro atoms. The van der Waals surface area contributed by atoms with Gasteiger partial charge < -0.3 is 14.8 Å². The summed E-state index contributed by atoms with van der Waals surface area (Å²) in [5.41, 5.74) is 3.46. The van der Waals surface area contributed by atoms with Crippen LogP contribution in [-0.4, -0.2) is 45.2 Å². The Morgan fingerprint density at radius 3 is 2.46 bits per heavy atom. The summed E-state index contributed by atoms with van der Waals surface area (Å²) < 4.78 is 45.6. The van der Waals surface area contributed by atoms with Crippen LogP contribution in [-0.2, 0) is 26.3 Å². The molecule has 2 saturated carbocycles. The largest absolute Gasteiger partial charge is 0.416 e. The van der Waals surface area contributed by atoms with Crippen LogP contribution in [0.15, 0.2) is 54.9 Å². The van der Waals surface area contributed by atoms with Gasteiger partial charge in [-0.15, -0.1) is 10.2 Å². The summed E-state index contributed by atoms with van der Waals surface area (Å²) in [6, 6.07) is 18.0. The van der Waals surface area contributed by atoms with Gasteiger partial charge >= 0.3 is 6.18 Å². The predicted octanol–water partition coefficient (Wildman–Crippen LogP) is 7.29. The van der Waals surface area contributed by atoms with Crippen molar-refractivity contribution in [3.63, 3.8) is 0 Å². The van der Waals surface area contributed by atoms with Crippen LogP contribution in [0.25, 0.3) is 22.5 Å². The molecule has 4 aromatic rings. The zero-order valence-corrected chi connectivity index (χ0v) is 27.6. The van der Waals surface area contributed by atoms with Crippen LogP contribution in [0.1, 0.15) is 71.1 Å². The van der Waals surface area contributed by atoms with Crippen LogP contribution in [0.3, 0.4) is 0 Å². The van der Waals surface area contributed by atoms with E-state index in [1.165, 1.54) is 23.8 Å². The molecular formula is C38H35F3N8O. The minimum Gasteiger partial charge on any atom is -0.384 e. The molecule has 1 N–H and O–H groups in total. The van der Waals surface area contributed by atoms with Crippen molar-refractivity contribution in [3.05, 3.63) is 82.7 Å². The Kier molecular flexibility index (Phi) is 7.50. The lowest BCUT2D eigenvalue weighted by Crippen LogP contribution is -2.23. The zero-order valence-electron chi connectivity index (χ0n) is 27.6. The highest BCUT2D eigenvalue weighted by Crippen LogP contribution is 2.53. The highest BCUT2D eigenvalue weighted by atomic mass is 19.4. The maximum Gasteiger partial charge on any atom is 0.416 e. The third-order valence-corrected chi connectivity index (χ3v) is 11.0. The molecule has 9 nitrogen and oxygen atoms in total. The molecule has 0 radical (unpaired) electrons. The van der Waals surface area contributed by atoms with E-state index < -0.39 is 17.6 Å². The fourth-order valence-corrected chi connectivity index (χ4v) is 7.68. The second-order valence-electron chi connectivity index (χ2n) is 14.6. The number of amides is 1. The van der Waals surface area contributed by atoms with E-state index in [1.807, 2.05) is 13.1 Å². The first-order chi connectivity index (χ1) is 24.0. The van der Waals surface area contributed by atoms with E-state index in [-0.39, 0.29) is 23.1 Å². The molecule has 0 bridgehead atoms. The minimum absolute atomic E-state index is 0.0246. The Bertz CT molecular complexity index is 2120. The first kappa shape index (κ1) is 32.0. The molecule has 1 amide bonds. The molecule has 1 aromatic heterocycles. The Labute approximate surface area is 287 Å². The summed E-state index contributed by atoms with van der Waals surface area (Å²) in [7, 11) is 1.81. The molecule has 12 heteroatoms. The summed E-state index contributed by atoms with van der Waals surface area (Å²) >= 11 is 0. The maximum absolute atomic E-state index is 14.6. The van der Waals surface area contributed by atoms with E-state index in [4.69, 9.17) is 0 Å². The summed E-state index contributed by atoms with van der Waals surface area (Å²) in [4.78, 5) is 17.8. The number of rotatable bonds is 9. The molecule has 2 aliphatic carbocycles. The number of halogens is 3. The molecule has 4 aliphatic rings. The van der Waals surface area contributed by atoms with Gasteiger partial charge in [-0.05, 0) is 115 Å². The van der Waals surface area contributed by atoms with Crippen molar-refractivity contribution in [1.82, 2.24) is 19.7 Å². The Morgan fingerprint density at radius 1 is 0.980 bits per heavy atom. The van der Waals surface area contributed by atoms with Crippen molar-refractivity contribution in [1.29, 1.82) is 10.5 Å². The molecule has 0 unspecified atom stereocenters.